The van der Waals surface area contributed by atoms with Crippen LogP contribution in [0.4, 0.5) is 0 Å². The molecule has 0 amide bonds. The molecule has 1 aromatic heterocycles. The average Bonchev–Trinajstić information content (AvgIpc) is 2.97. The number of hydrogen-bond acceptors (Lipinski definition) is 4. The largest absolute Gasteiger partial charge is 0.312 e. The topological polar surface area (TPSA) is 28.2 Å². The highest BCUT2D eigenvalue weighted by molar-refractivity contribution is 7.09. The lowest BCUT2D eigenvalue weighted by Gasteiger charge is -2.48. The molecule has 4 heteroatoms. The maximum absolute atomic E-state index is 4.23. The summed E-state index contributed by atoms with van der Waals surface area (Å²) in [6.07, 6.45) is 5.47. The molecule has 20 heavy (non-hydrogen) atoms. The first-order valence-electron chi connectivity index (χ1n) is 8.04. The lowest BCUT2D eigenvalue weighted by Crippen LogP contribution is -2.61. The zero-order chi connectivity index (χ0) is 15.0. The van der Waals surface area contributed by atoms with Gasteiger partial charge >= 0.3 is 0 Å². The van der Waals surface area contributed by atoms with Gasteiger partial charge in [-0.05, 0) is 32.5 Å². The van der Waals surface area contributed by atoms with Gasteiger partial charge in [0.15, 0.2) is 0 Å². The van der Waals surface area contributed by atoms with Crippen molar-refractivity contribution >= 4 is 11.3 Å². The second-order valence-electron chi connectivity index (χ2n) is 5.27. The van der Waals surface area contributed by atoms with E-state index in [1.54, 1.807) is 11.3 Å². The van der Waals surface area contributed by atoms with E-state index < -0.39 is 0 Å². The molecule has 0 saturated carbocycles. The van der Waals surface area contributed by atoms with Crippen molar-refractivity contribution in [3.63, 3.8) is 0 Å². The summed E-state index contributed by atoms with van der Waals surface area (Å²) < 4.78 is 0. The van der Waals surface area contributed by atoms with E-state index in [4.69, 9.17) is 0 Å². The molecular weight excluding hydrogens is 266 g/mol. The van der Waals surface area contributed by atoms with Gasteiger partial charge in [-0.3, -0.25) is 9.88 Å². The van der Waals surface area contributed by atoms with Crippen LogP contribution in [0.2, 0.25) is 0 Å². The zero-order valence-corrected chi connectivity index (χ0v) is 14.6. The summed E-state index contributed by atoms with van der Waals surface area (Å²) in [4.78, 5) is 8.26. The first-order valence-corrected chi connectivity index (χ1v) is 8.92. The molecule has 1 aromatic rings. The third kappa shape index (κ3) is 3.80. The quantitative estimate of drug-likeness (QED) is 0.715. The zero-order valence-electron chi connectivity index (χ0n) is 13.8. The second kappa shape index (κ2) is 8.75. The lowest BCUT2D eigenvalue weighted by atomic mass is 9.80. The van der Waals surface area contributed by atoms with Crippen LogP contribution in [0, 0.1) is 0 Å². The van der Waals surface area contributed by atoms with E-state index in [2.05, 4.69) is 49.8 Å². The van der Waals surface area contributed by atoms with Crippen molar-refractivity contribution in [3.05, 3.63) is 16.6 Å². The highest BCUT2D eigenvalue weighted by Crippen LogP contribution is 2.30. The van der Waals surface area contributed by atoms with Crippen molar-refractivity contribution in [2.75, 3.05) is 19.6 Å². The summed E-state index contributed by atoms with van der Waals surface area (Å²) in [6, 6.07) is 0.489. The van der Waals surface area contributed by atoms with Gasteiger partial charge in [-0.2, -0.15) is 0 Å². The summed E-state index contributed by atoms with van der Waals surface area (Å²) in [5.41, 5.74) is 2.18. The molecule has 0 saturated heterocycles. The molecule has 0 aliphatic rings. The maximum atomic E-state index is 4.23. The Balaban J connectivity index is 3.03. The minimum atomic E-state index is 0.240. The van der Waals surface area contributed by atoms with Crippen molar-refractivity contribution in [3.8, 4) is 0 Å². The van der Waals surface area contributed by atoms with Crippen LogP contribution in [-0.2, 0) is 6.42 Å². The minimum Gasteiger partial charge on any atom is -0.312 e. The minimum absolute atomic E-state index is 0.240. The van der Waals surface area contributed by atoms with Crippen LogP contribution < -0.4 is 5.32 Å². The van der Waals surface area contributed by atoms with E-state index in [-0.39, 0.29) is 5.54 Å². The highest BCUT2D eigenvalue weighted by atomic mass is 32.1. The van der Waals surface area contributed by atoms with Crippen molar-refractivity contribution in [2.45, 2.75) is 65.5 Å². The van der Waals surface area contributed by atoms with Crippen molar-refractivity contribution in [1.29, 1.82) is 0 Å². The third-order valence-electron chi connectivity index (χ3n) is 4.61. The fourth-order valence-corrected chi connectivity index (χ4v) is 4.15. The fraction of sp³-hybridized carbons (Fsp3) is 0.812. The van der Waals surface area contributed by atoms with Crippen LogP contribution in [0.15, 0.2) is 11.7 Å². The molecule has 1 atom stereocenters. The number of thiazole rings is 1. The van der Waals surface area contributed by atoms with Gasteiger partial charge in [-0.25, -0.2) is 0 Å². The lowest BCUT2D eigenvalue weighted by molar-refractivity contribution is 0.0500. The average molecular weight is 298 g/mol. The number of rotatable bonds is 10. The van der Waals surface area contributed by atoms with Gasteiger partial charge in [-0.15, -0.1) is 11.3 Å². The molecule has 1 N–H and O–H groups in total. The molecule has 1 unspecified atom stereocenters. The Morgan fingerprint density at radius 3 is 2.25 bits per heavy atom. The number of nitrogens with zero attached hydrogens (tertiary/aromatic N) is 2. The molecule has 116 valence electrons. The Bertz CT molecular complexity index is 343. The molecule has 0 spiro atoms. The molecule has 0 aliphatic carbocycles. The van der Waals surface area contributed by atoms with Crippen LogP contribution in [0.1, 0.15) is 52.3 Å². The van der Waals surface area contributed by atoms with Crippen molar-refractivity contribution in [1.82, 2.24) is 15.2 Å². The van der Waals surface area contributed by atoms with Crippen LogP contribution in [0.25, 0.3) is 0 Å². The van der Waals surface area contributed by atoms with Crippen molar-refractivity contribution < 1.29 is 0 Å². The molecule has 0 aliphatic heterocycles. The van der Waals surface area contributed by atoms with Gasteiger partial charge in [0.05, 0.1) is 5.51 Å². The Hall–Kier alpha value is -0.450. The van der Waals surface area contributed by atoms with E-state index in [9.17, 15) is 0 Å². The van der Waals surface area contributed by atoms with Crippen molar-refractivity contribution in [2.24, 2.45) is 0 Å². The fourth-order valence-electron chi connectivity index (χ4n) is 3.51. The number of hydrogen-bond donors (Lipinski definition) is 1. The summed E-state index contributed by atoms with van der Waals surface area (Å²) in [6.45, 7) is 14.7. The van der Waals surface area contributed by atoms with E-state index >= 15 is 0 Å². The molecule has 1 heterocycles. The Morgan fingerprint density at radius 1 is 1.20 bits per heavy atom. The number of aromatic nitrogens is 1. The Kier molecular flexibility index (Phi) is 7.70. The smallest absolute Gasteiger partial charge is 0.0794 e. The van der Waals surface area contributed by atoms with Gasteiger partial charge < -0.3 is 5.32 Å². The molecule has 0 fully saturated rings. The SMILES string of the molecule is CCNC(Cc1cncs1)C(CC)(CC)N(CC)CC. The highest BCUT2D eigenvalue weighted by Gasteiger charge is 2.39. The summed E-state index contributed by atoms with van der Waals surface area (Å²) in [5.74, 6) is 0. The first kappa shape index (κ1) is 17.6. The molecule has 0 bridgehead atoms. The normalized spacial score (nSPS) is 13.9. The standard InChI is InChI=1S/C16H31N3S/c1-6-16(7-2,19(9-4)10-5)15(18-8-3)11-14-12-17-13-20-14/h12-13,15,18H,6-11H2,1-5H3. The molecule has 0 radical (unpaired) electrons. The third-order valence-corrected chi connectivity index (χ3v) is 5.41. The number of likely N-dealkylation sites (N-methyl/N-ethyl adjacent to an activating group) is 2. The first-order chi connectivity index (χ1) is 9.68. The van der Waals surface area contributed by atoms with E-state index in [0.717, 1.165) is 26.1 Å². The molecular formula is C16H31N3S. The van der Waals surface area contributed by atoms with Gasteiger partial charge in [0.2, 0.25) is 0 Å². The van der Waals surface area contributed by atoms with Gasteiger partial charge in [-0.1, -0.05) is 34.6 Å². The summed E-state index contributed by atoms with van der Waals surface area (Å²) >= 11 is 1.77. The summed E-state index contributed by atoms with van der Waals surface area (Å²) in [7, 11) is 0. The molecule has 1 rings (SSSR count). The van der Waals surface area contributed by atoms with Crippen LogP contribution in [0.5, 0.6) is 0 Å². The maximum Gasteiger partial charge on any atom is 0.0794 e. The number of nitrogens with one attached hydrogen (secondary N) is 1. The van der Waals surface area contributed by atoms with Gasteiger partial charge in [0, 0.05) is 29.1 Å². The predicted octanol–water partition coefficient (Wildman–Crippen LogP) is 3.56. The summed E-state index contributed by atoms with van der Waals surface area (Å²) in [5, 5.41) is 3.75. The van der Waals surface area contributed by atoms with Gasteiger partial charge in [0.25, 0.3) is 0 Å². The van der Waals surface area contributed by atoms with E-state index in [0.29, 0.717) is 6.04 Å². The molecule has 0 aromatic carbocycles. The predicted molar refractivity (Wildman–Crippen MR) is 89.5 cm³/mol. The van der Waals surface area contributed by atoms with Crippen LogP contribution in [-0.4, -0.2) is 41.1 Å². The monoisotopic (exact) mass is 297 g/mol. The van der Waals surface area contributed by atoms with E-state index in [1.807, 2.05) is 11.7 Å². The Labute approximate surface area is 128 Å². The molecule has 3 nitrogen and oxygen atoms in total. The second-order valence-corrected chi connectivity index (χ2v) is 6.24. The Morgan fingerprint density at radius 2 is 1.85 bits per heavy atom. The van der Waals surface area contributed by atoms with Gasteiger partial charge in [0.1, 0.15) is 0 Å². The van der Waals surface area contributed by atoms with Crippen LogP contribution >= 0.6 is 11.3 Å². The van der Waals surface area contributed by atoms with Crippen LogP contribution in [0.3, 0.4) is 0 Å². The van der Waals surface area contributed by atoms with E-state index in [1.165, 1.54) is 17.7 Å².